The molecule has 5 heteroatoms. The number of nitrogens with zero attached hydrogens (tertiary/aromatic N) is 2. The Kier molecular flexibility index (Phi) is 8.16. The lowest BCUT2D eigenvalue weighted by atomic mass is 9.86. The molecule has 0 aliphatic carbocycles. The van der Waals surface area contributed by atoms with Gasteiger partial charge in [0.2, 0.25) is 0 Å². The second-order valence-electron chi connectivity index (χ2n) is 9.16. The predicted molar refractivity (Wildman–Crippen MR) is 131 cm³/mol. The van der Waals surface area contributed by atoms with Gasteiger partial charge in [-0.2, -0.15) is 0 Å². The molecule has 0 aliphatic rings. The largest absolute Gasteiger partial charge is 0.385 e. The van der Waals surface area contributed by atoms with Gasteiger partial charge in [-0.25, -0.2) is 0 Å². The fourth-order valence-corrected chi connectivity index (χ4v) is 3.94. The second-order valence-corrected chi connectivity index (χ2v) is 9.59. The summed E-state index contributed by atoms with van der Waals surface area (Å²) >= 11 is 6.15. The molecule has 0 atom stereocenters. The summed E-state index contributed by atoms with van der Waals surface area (Å²) in [6.45, 7) is 9.03. The van der Waals surface area contributed by atoms with Crippen LogP contribution in [0.15, 0.2) is 66.9 Å². The van der Waals surface area contributed by atoms with Gasteiger partial charge in [0.15, 0.2) is 0 Å². The quantitative estimate of drug-likeness (QED) is 0.364. The molecule has 0 spiro atoms. The van der Waals surface area contributed by atoms with E-state index in [0.717, 1.165) is 22.7 Å². The fourth-order valence-electron chi connectivity index (χ4n) is 3.72. The van der Waals surface area contributed by atoms with Crippen LogP contribution < -0.4 is 0 Å². The van der Waals surface area contributed by atoms with Crippen molar-refractivity contribution in [3.05, 3.63) is 94.3 Å². The van der Waals surface area contributed by atoms with Crippen LogP contribution in [0.1, 0.15) is 54.4 Å². The lowest BCUT2D eigenvalue weighted by Crippen LogP contribution is -2.33. The molecule has 3 aromatic rings. The third kappa shape index (κ3) is 6.47. The highest BCUT2D eigenvalue weighted by Crippen LogP contribution is 2.23. The number of halogens is 1. The molecule has 3 rings (SSSR count). The summed E-state index contributed by atoms with van der Waals surface area (Å²) in [5.74, 6) is 0.0390. The summed E-state index contributed by atoms with van der Waals surface area (Å²) in [6, 6.07) is 20.0. The number of hydrogen-bond acceptors (Lipinski definition) is 2. The molecular weight excluding hydrogens is 420 g/mol. The van der Waals surface area contributed by atoms with E-state index < -0.39 is 0 Å². The highest BCUT2D eigenvalue weighted by atomic mass is 35.5. The summed E-state index contributed by atoms with van der Waals surface area (Å²) in [7, 11) is 1.69. The van der Waals surface area contributed by atoms with E-state index in [0.29, 0.717) is 31.8 Å². The van der Waals surface area contributed by atoms with Crippen molar-refractivity contribution in [2.75, 3.05) is 20.3 Å². The Bertz CT molecular complexity index is 1020. The molecule has 1 amide bonds. The van der Waals surface area contributed by atoms with E-state index in [9.17, 15) is 4.79 Å². The van der Waals surface area contributed by atoms with E-state index in [1.807, 2.05) is 47.5 Å². The van der Waals surface area contributed by atoms with E-state index in [1.54, 1.807) is 7.11 Å². The second kappa shape index (κ2) is 10.8. The Morgan fingerprint density at radius 1 is 1.06 bits per heavy atom. The minimum absolute atomic E-state index is 0.0390. The molecule has 4 nitrogen and oxygen atoms in total. The number of amides is 1. The van der Waals surface area contributed by atoms with Crippen molar-refractivity contribution < 1.29 is 9.53 Å². The Labute approximate surface area is 196 Å². The Morgan fingerprint density at radius 3 is 2.47 bits per heavy atom. The number of carbonyl (C=O) groups is 1. The molecule has 1 aromatic heterocycles. The topological polar surface area (TPSA) is 34.5 Å². The minimum Gasteiger partial charge on any atom is -0.385 e. The SMILES string of the molecule is COCCCN(Cc1cccn1Cc1cccc(Cl)c1)C(=O)c1ccc(C(C)(C)C)cc1. The first-order valence-corrected chi connectivity index (χ1v) is 11.4. The van der Waals surface area contributed by atoms with Crippen molar-refractivity contribution in [1.29, 1.82) is 0 Å². The van der Waals surface area contributed by atoms with E-state index in [1.165, 1.54) is 5.56 Å². The van der Waals surface area contributed by atoms with Gasteiger partial charge < -0.3 is 14.2 Å². The van der Waals surface area contributed by atoms with Crippen LogP contribution in [0.25, 0.3) is 0 Å². The standard InChI is InChI=1S/C27H33ClN2O2/c1-27(2,3)23-13-11-22(12-14-23)26(31)30(16-7-17-32-4)20-25-10-6-15-29(25)19-21-8-5-9-24(28)18-21/h5-6,8-15,18H,7,16-17,19-20H2,1-4H3. The molecule has 0 saturated carbocycles. The van der Waals surface area contributed by atoms with Gasteiger partial charge in [-0.15, -0.1) is 0 Å². The number of ether oxygens (including phenoxy) is 1. The molecule has 2 aromatic carbocycles. The molecule has 0 fully saturated rings. The van der Waals surface area contributed by atoms with E-state index in [-0.39, 0.29) is 11.3 Å². The van der Waals surface area contributed by atoms with Crippen molar-refractivity contribution in [3.63, 3.8) is 0 Å². The van der Waals surface area contributed by atoms with E-state index in [4.69, 9.17) is 16.3 Å². The van der Waals surface area contributed by atoms with Gasteiger partial charge in [0.25, 0.3) is 5.91 Å². The van der Waals surface area contributed by atoms with Crippen molar-refractivity contribution in [2.45, 2.75) is 45.7 Å². The molecule has 0 saturated heterocycles. The zero-order chi connectivity index (χ0) is 23.1. The number of hydrogen-bond donors (Lipinski definition) is 0. The lowest BCUT2D eigenvalue weighted by Gasteiger charge is -2.25. The maximum atomic E-state index is 13.4. The van der Waals surface area contributed by atoms with Crippen LogP contribution >= 0.6 is 11.6 Å². The summed E-state index contributed by atoms with van der Waals surface area (Å²) in [5, 5.41) is 0.728. The van der Waals surface area contributed by atoms with E-state index in [2.05, 4.69) is 49.6 Å². The maximum Gasteiger partial charge on any atom is 0.254 e. The van der Waals surface area contributed by atoms with Crippen LogP contribution in [0.2, 0.25) is 5.02 Å². The van der Waals surface area contributed by atoms with Gasteiger partial charge in [-0.05, 0) is 59.4 Å². The Morgan fingerprint density at radius 2 is 1.81 bits per heavy atom. The molecule has 0 N–H and O–H groups in total. The first-order chi connectivity index (χ1) is 15.3. The number of methoxy groups -OCH3 is 1. The average Bonchev–Trinajstić information content (AvgIpc) is 3.18. The van der Waals surface area contributed by atoms with E-state index >= 15 is 0 Å². The minimum atomic E-state index is 0.0390. The van der Waals surface area contributed by atoms with Crippen molar-refractivity contribution in [1.82, 2.24) is 9.47 Å². The molecular formula is C27H33ClN2O2. The van der Waals surface area contributed by atoms with Gasteiger partial charge in [0, 0.05) is 49.3 Å². The third-order valence-corrected chi connectivity index (χ3v) is 5.82. The first kappa shape index (κ1) is 24.1. The molecule has 32 heavy (non-hydrogen) atoms. The Hall–Kier alpha value is -2.56. The predicted octanol–water partition coefficient (Wildman–Crippen LogP) is 6.17. The summed E-state index contributed by atoms with van der Waals surface area (Å²) in [6.07, 6.45) is 2.84. The van der Waals surface area contributed by atoms with Gasteiger partial charge >= 0.3 is 0 Å². The number of benzene rings is 2. The van der Waals surface area contributed by atoms with Crippen LogP contribution in [-0.2, 0) is 23.2 Å². The van der Waals surface area contributed by atoms with Crippen molar-refractivity contribution >= 4 is 17.5 Å². The van der Waals surface area contributed by atoms with Crippen LogP contribution in [0.5, 0.6) is 0 Å². The molecule has 170 valence electrons. The number of carbonyl (C=O) groups excluding carboxylic acids is 1. The summed E-state index contributed by atoms with van der Waals surface area (Å²) in [5.41, 5.74) is 4.20. The number of aromatic nitrogens is 1. The highest BCUT2D eigenvalue weighted by Gasteiger charge is 2.19. The fraction of sp³-hybridized carbons (Fsp3) is 0.370. The van der Waals surface area contributed by atoms with Crippen LogP contribution in [0.3, 0.4) is 0 Å². The van der Waals surface area contributed by atoms with Crippen LogP contribution in [0, 0.1) is 0 Å². The monoisotopic (exact) mass is 452 g/mol. The average molecular weight is 453 g/mol. The van der Waals surface area contributed by atoms with Crippen molar-refractivity contribution in [3.8, 4) is 0 Å². The zero-order valence-electron chi connectivity index (χ0n) is 19.5. The normalized spacial score (nSPS) is 11.5. The smallest absolute Gasteiger partial charge is 0.254 e. The third-order valence-electron chi connectivity index (χ3n) is 5.58. The van der Waals surface area contributed by atoms with Crippen LogP contribution in [-0.4, -0.2) is 35.6 Å². The molecule has 0 radical (unpaired) electrons. The Balaban J connectivity index is 1.79. The van der Waals surface area contributed by atoms with Gasteiger partial charge in [-0.1, -0.05) is 56.6 Å². The first-order valence-electron chi connectivity index (χ1n) is 11.0. The molecule has 0 aliphatic heterocycles. The summed E-state index contributed by atoms with van der Waals surface area (Å²) < 4.78 is 7.40. The van der Waals surface area contributed by atoms with Gasteiger partial charge in [0.05, 0.1) is 6.54 Å². The maximum absolute atomic E-state index is 13.4. The highest BCUT2D eigenvalue weighted by molar-refractivity contribution is 6.30. The molecule has 0 bridgehead atoms. The van der Waals surface area contributed by atoms with Crippen LogP contribution in [0.4, 0.5) is 0 Å². The molecule has 1 heterocycles. The molecule has 0 unspecified atom stereocenters. The zero-order valence-corrected chi connectivity index (χ0v) is 20.2. The van der Waals surface area contributed by atoms with Crippen molar-refractivity contribution in [2.24, 2.45) is 0 Å². The van der Waals surface area contributed by atoms with Gasteiger partial charge in [-0.3, -0.25) is 4.79 Å². The lowest BCUT2D eigenvalue weighted by molar-refractivity contribution is 0.0719. The van der Waals surface area contributed by atoms with Gasteiger partial charge in [0.1, 0.15) is 0 Å². The number of rotatable bonds is 9. The summed E-state index contributed by atoms with van der Waals surface area (Å²) in [4.78, 5) is 15.3.